The lowest BCUT2D eigenvalue weighted by atomic mass is 10.3. The van der Waals surface area contributed by atoms with Crippen molar-refractivity contribution in [3.05, 3.63) is 54.6 Å². The zero-order chi connectivity index (χ0) is 14.8. The van der Waals surface area contributed by atoms with Gasteiger partial charge in [0.1, 0.15) is 5.75 Å². The molecule has 2 rings (SSSR count). The van der Waals surface area contributed by atoms with E-state index < -0.39 is 13.1 Å². The average molecular weight is 300 g/mol. The van der Waals surface area contributed by atoms with Crippen molar-refractivity contribution in [3.63, 3.8) is 0 Å². The predicted molar refractivity (Wildman–Crippen MR) is 72.4 cm³/mol. The van der Waals surface area contributed by atoms with E-state index in [1.54, 1.807) is 6.07 Å². The first-order valence-corrected chi connectivity index (χ1v) is 7.48. The highest BCUT2D eigenvalue weighted by molar-refractivity contribution is 7.79. The number of ether oxygens (including phenoxy) is 1. The van der Waals surface area contributed by atoms with Gasteiger partial charge in [0.2, 0.25) is 7.14 Å². The van der Waals surface area contributed by atoms with E-state index in [9.17, 15) is 17.7 Å². The second-order valence-electron chi connectivity index (χ2n) is 4.08. The quantitative estimate of drug-likeness (QED) is 0.811. The lowest BCUT2D eigenvalue weighted by molar-refractivity contribution is -0.0437. The molecule has 0 fully saturated rings. The standard InChI is InChI=1S/C14H12F3O2P/c1-19-12-9-5-6-10-13(12)20(18,14(15,16)17)11-7-3-2-4-8-11/h2-10H,1H3. The molecular weight excluding hydrogens is 288 g/mol. The summed E-state index contributed by atoms with van der Waals surface area (Å²) in [6.07, 6.45) is 0. The maximum Gasteiger partial charge on any atom is 0.448 e. The van der Waals surface area contributed by atoms with E-state index in [-0.39, 0.29) is 16.4 Å². The summed E-state index contributed by atoms with van der Waals surface area (Å²) in [5.41, 5.74) is 0. The van der Waals surface area contributed by atoms with Crippen LogP contribution in [-0.4, -0.2) is 13.0 Å². The molecule has 0 amide bonds. The van der Waals surface area contributed by atoms with Crippen LogP contribution in [0.2, 0.25) is 0 Å². The number of rotatable bonds is 3. The molecule has 1 unspecified atom stereocenters. The number of para-hydroxylation sites is 1. The largest absolute Gasteiger partial charge is 0.496 e. The molecule has 2 aromatic rings. The van der Waals surface area contributed by atoms with Gasteiger partial charge in [0.25, 0.3) is 0 Å². The van der Waals surface area contributed by atoms with Crippen LogP contribution in [0, 0.1) is 0 Å². The number of hydrogen-bond acceptors (Lipinski definition) is 2. The molecule has 2 nitrogen and oxygen atoms in total. The van der Waals surface area contributed by atoms with E-state index >= 15 is 0 Å². The van der Waals surface area contributed by atoms with Crippen molar-refractivity contribution in [3.8, 4) is 5.75 Å². The van der Waals surface area contributed by atoms with Gasteiger partial charge in [-0.3, -0.25) is 0 Å². The third kappa shape index (κ3) is 2.34. The van der Waals surface area contributed by atoms with Crippen LogP contribution >= 0.6 is 7.14 Å². The number of benzene rings is 2. The molecule has 1 atom stereocenters. The third-order valence-corrected chi connectivity index (χ3v) is 5.69. The van der Waals surface area contributed by atoms with Gasteiger partial charge in [-0.2, -0.15) is 13.2 Å². The van der Waals surface area contributed by atoms with Crippen LogP contribution in [0.25, 0.3) is 0 Å². The molecule has 0 aromatic heterocycles. The van der Waals surface area contributed by atoms with Gasteiger partial charge in [0.05, 0.1) is 12.4 Å². The second-order valence-corrected chi connectivity index (χ2v) is 6.81. The molecule has 0 spiro atoms. The Kier molecular flexibility index (Phi) is 3.91. The van der Waals surface area contributed by atoms with E-state index in [1.807, 2.05) is 0 Å². The molecule has 0 saturated carbocycles. The summed E-state index contributed by atoms with van der Waals surface area (Å²) in [4.78, 5) is 0. The van der Waals surface area contributed by atoms with E-state index in [0.717, 1.165) is 0 Å². The van der Waals surface area contributed by atoms with Gasteiger partial charge < -0.3 is 9.30 Å². The van der Waals surface area contributed by atoms with Crippen molar-refractivity contribution in [1.29, 1.82) is 0 Å². The fourth-order valence-electron chi connectivity index (χ4n) is 1.95. The van der Waals surface area contributed by atoms with Gasteiger partial charge in [-0.05, 0) is 12.1 Å². The van der Waals surface area contributed by atoms with E-state index in [2.05, 4.69) is 0 Å². The van der Waals surface area contributed by atoms with Crippen molar-refractivity contribution in [2.75, 3.05) is 7.11 Å². The summed E-state index contributed by atoms with van der Waals surface area (Å²) < 4.78 is 58.2. The molecule has 20 heavy (non-hydrogen) atoms. The fourth-order valence-corrected chi connectivity index (χ4v) is 4.16. The maximum atomic E-state index is 13.5. The molecule has 0 bridgehead atoms. The molecule has 0 aliphatic rings. The van der Waals surface area contributed by atoms with Crippen LogP contribution in [-0.2, 0) is 4.57 Å². The minimum atomic E-state index is -4.87. The minimum absolute atomic E-state index is 0.0305. The highest BCUT2D eigenvalue weighted by Crippen LogP contribution is 2.60. The predicted octanol–water partition coefficient (Wildman–Crippen LogP) is 3.53. The number of alkyl halides is 3. The monoisotopic (exact) mass is 300 g/mol. The lowest BCUT2D eigenvalue weighted by Gasteiger charge is -2.23. The van der Waals surface area contributed by atoms with Gasteiger partial charge >= 0.3 is 5.92 Å². The van der Waals surface area contributed by atoms with Crippen molar-refractivity contribution in [2.24, 2.45) is 0 Å². The molecule has 0 heterocycles. The number of halogens is 3. The first-order valence-electron chi connectivity index (χ1n) is 5.77. The second kappa shape index (κ2) is 5.33. The Morgan fingerprint density at radius 1 is 0.950 bits per heavy atom. The summed E-state index contributed by atoms with van der Waals surface area (Å²) in [6.45, 7) is 0. The van der Waals surface area contributed by atoms with Crippen LogP contribution in [0.1, 0.15) is 0 Å². The van der Waals surface area contributed by atoms with Crippen molar-refractivity contribution in [1.82, 2.24) is 0 Å². The SMILES string of the molecule is COc1ccccc1P(=O)(c1ccccc1)C(F)(F)F. The van der Waals surface area contributed by atoms with Gasteiger partial charge in [-0.1, -0.05) is 42.5 Å². The molecule has 0 saturated heterocycles. The number of methoxy groups -OCH3 is 1. The summed E-state index contributed by atoms with van der Waals surface area (Å²) >= 11 is 0. The Labute approximate surface area is 114 Å². The van der Waals surface area contributed by atoms with Gasteiger partial charge in [0.15, 0.2) is 0 Å². The highest BCUT2D eigenvalue weighted by Gasteiger charge is 2.54. The lowest BCUT2D eigenvalue weighted by Crippen LogP contribution is -2.28. The van der Waals surface area contributed by atoms with Crippen LogP contribution in [0.5, 0.6) is 5.75 Å². The van der Waals surface area contributed by atoms with E-state index in [4.69, 9.17) is 4.74 Å². The van der Waals surface area contributed by atoms with Crippen LogP contribution < -0.4 is 15.3 Å². The van der Waals surface area contributed by atoms with Gasteiger partial charge in [-0.15, -0.1) is 0 Å². The molecule has 0 radical (unpaired) electrons. The molecule has 0 aliphatic carbocycles. The minimum Gasteiger partial charge on any atom is -0.496 e. The highest BCUT2D eigenvalue weighted by atomic mass is 31.2. The number of hydrogen-bond donors (Lipinski definition) is 0. The Balaban J connectivity index is 2.76. The first-order chi connectivity index (χ1) is 9.41. The van der Waals surface area contributed by atoms with Crippen LogP contribution in [0.3, 0.4) is 0 Å². The molecule has 0 N–H and O–H groups in total. The normalized spacial score (nSPS) is 14.6. The Morgan fingerprint density at radius 2 is 1.50 bits per heavy atom. The molecular formula is C14H12F3O2P. The van der Waals surface area contributed by atoms with Gasteiger partial charge in [-0.25, -0.2) is 0 Å². The smallest absolute Gasteiger partial charge is 0.448 e. The zero-order valence-corrected chi connectivity index (χ0v) is 11.5. The Bertz CT molecular complexity index is 638. The van der Waals surface area contributed by atoms with E-state index in [0.29, 0.717) is 0 Å². The van der Waals surface area contributed by atoms with Crippen molar-refractivity contribution >= 4 is 17.8 Å². The molecule has 2 aromatic carbocycles. The zero-order valence-electron chi connectivity index (χ0n) is 10.6. The van der Waals surface area contributed by atoms with Crippen molar-refractivity contribution < 1.29 is 22.5 Å². The summed E-state index contributed by atoms with van der Waals surface area (Å²) in [6, 6.07) is 12.4. The Hall–Kier alpha value is -1.74. The first kappa shape index (κ1) is 14.7. The fraction of sp³-hybridized carbons (Fsp3) is 0.143. The summed E-state index contributed by atoms with van der Waals surface area (Å²) in [7, 11) is -3.53. The average Bonchev–Trinajstić information content (AvgIpc) is 2.46. The third-order valence-electron chi connectivity index (χ3n) is 2.90. The van der Waals surface area contributed by atoms with Crippen molar-refractivity contribution in [2.45, 2.75) is 5.92 Å². The van der Waals surface area contributed by atoms with E-state index in [1.165, 1.54) is 55.6 Å². The van der Waals surface area contributed by atoms with Crippen LogP contribution in [0.4, 0.5) is 13.2 Å². The Morgan fingerprint density at radius 3 is 2.05 bits per heavy atom. The molecule has 6 heteroatoms. The topological polar surface area (TPSA) is 26.3 Å². The summed E-state index contributed by atoms with van der Waals surface area (Å²) in [5, 5.41) is -0.585. The van der Waals surface area contributed by atoms with Crippen LogP contribution in [0.15, 0.2) is 54.6 Å². The summed E-state index contributed by atoms with van der Waals surface area (Å²) in [5.74, 6) is -4.90. The van der Waals surface area contributed by atoms with Gasteiger partial charge in [0, 0.05) is 5.30 Å². The molecule has 0 aliphatic heterocycles. The maximum absolute atomic E-state index is 13.5. The molecule has 106 valence electrons.